The Bertz CT molecular complexity index is 838. The fourth-order valence-electron chi connectivity index (χ4n) is 3.91. The third-order valence-electron chi connectivity index (χ3n) is 5.64. The standard InChI is InChI=1S/C20H32N6O2/c1-14-16(15(2)25(4)22-14)7-6-10-24(3)20(27)19-17-13-21-9-8-18(17)26(23-19)11-12-28-5/h21H,6-13H2,1-5H3. The Balaban J connectivity index is 1.66. The van der Waals surface area contributed by atoms with Crippen molar-refractivity contribution >= 4 is 5.91 Å². The maximum atomic E-state index is 13.1. The Morgan fingerprint density at radius 2 is 2.11 bits per heavy atom. The van der Waals surface area contributed by atoms with Gasteiger partial charge in [-0.15, -0.1) is 0 Å². The molecule has 0 aromatic carbocycles. The van der Waals surface area contributed by atoms with Crippen molar-refractivity contribution in [2.45, 2.75) is 46.2 Å². The number of hydrogen-bond acceptors (Lipinski definition) is 5. The smallest absolute Gasteiger partial charge is 0.274 e. The summed E-state index contributed by atoms with van der Waals surface area (Å²) in [7, 11) is 5.52. The number of rotatable bonds is 8. The third kappa shape index (κ3) is 4.12. The molecule has 0 unspecified atom stereocenters. The van der Waals surface area contributed by atoms with Gasteiger partial charge >= 0.3 is 0 Å². The maximum Gasteiger partial charge on any atom is 0.274 e. The fraction of sp³-hybridized carbons (Fsp3) is 0.650. The van der Waals surface area contributed by atoms with E-state index in [1.807, 2.05) is 30.4 Å². The molecule has 0 aliphatic carbocycles. The SMILES string of the molecule is COCCn1nc(C(=O)N(C)CCCc2c(C)nn(C)c2C)c2c1CCNC2. The molecule has 0 fully saturated rings. The van der Waals surface area contributed by atoms with Gasteiger partial charge in [-0.05, 0) is 32.3 Å². The molecule has 0 atom stereocenters. The molecule has 1 aliphatic heterocycles. The number of carbonyl (C=O) groups excluding carboxylic acids is 1. The maximum absolute atomic E-state index is 13.1. The fourth-order valence-corrected chi connectivity index (χ4v) is 3.91. The van der Waals surface area contributed by atoms with E-state index in [1.165, 1.54) is 11.3 Å². The number of amides is 1. The number of aromatic nitrogens is 4. The summed E-state index contributed by atoms with van der Waals surface area (Å²) >= 11 is 0. The first-order valence-electron chi connectivity index (χ1n) is 9.96. The Kier molecular flexibility index (Phi) is 6.51. The molecule has 28 heavy (non-hydrogen) atoms. The minimum Gasteiger partial charge on any atom is -0.383 e. The second-order valence-electron chi connectivity index (χ2n) is 7.52. The van der Waals surface area contributed by atoms with Gasteiger partial charge in [0.15, 0.2) is 5.69 Å². The van der Waals surface area contributed by atoms with E-state index < -0.39 is 0 Å². The quantitative estimate of drug-likeness (QED) is 0.736. The van der Waals surface area contributed by atoms with Crippen LogP contribution in [0.4, 0.5) is 0 Å². The van der Waals surface area contributed by atoms with E-state index in [2.05, 4.69) is 22.4 Å². The van der Waals surface area contributed by atoms with E-state index in [9.17, 15) is 4.79 Å². The van der Waals surface area contributed by atoms with E-state index in [1.54, 1.807) is 12.0 Å². The first kappa shape index (κ1) is 20.5. The second-order valence-corrected chi connectivity index (χ2v) is 7.52. The molecule has 8 heteroatoms. The Morgan fingerprint density at radius 1 is 1.32 bits per heavy atom. The van der Waals surface area contributed by atoms with Gasteiger partial charge < -0.3 is 15.0 Å². The van der Waals surface area contributed by atoms with Crippen molar-refractivity contribution in [3.05, 3.63) is 33.9 Å². The number of nitrogens with zero attached hydrogens (tertiary/aromatic N) is 5. The zero-order valence-electron chi connectivity index (χ0n) is 17.7. The Hall–Kier alpha value is -2.19. The molecule has 2 aromatic rings. The molecule has 0 radical (unpaired) electrons. The van der Waals surface area contributed by atoms with E-state index in [4.69, 9.17) is 4.74 Å². The topological polar surface area (TPSA) is 77.2 Å². The molecule has 8 nitrogen and oxygen atoms in total. The number of fused-ring (bicyclic) bond motifs is 1. The Morgan fingerprint density at radius 3 is 2.79 bits per heavy atom. The van der Waals surface area contributed by atoms with Crippen LogP contribution in [-0.2, 0) is 37.7 Å². The summed E-state index contributed by atoms with van der Waals surface area (Å²) in [6.07, 6.45) is 2.72. The molecular weight excluding hydrogens is 356 g/mol. The number of hydrogen-bond donors (Lipinski definition) is 1. The molecule has 0 spiro atoms. The molecule has 3 rings (SSSR count). The van der Waals surface area contributed by atoms with Crippen molar-refractivity contribution in [1.29, 1.82) is 0 Å². The third-order valence-corrected chi connectivity index (χ3v) is 5.64. The molecule has 154 valence electrons. The van der Waals surface area contributed by atoms with Crippen molar-refractivity contribution in [1.82, 2.24) is 29.8 Å². The zero-order chi connectivity index (χ0) is 20.3. The number of ether oxygens (including phenoxy) is 1. The summed E-state index contributed by atoms with van der Waals surface area (Å²) in [6, 6.07) is 0. The average molecular weight is 389 g/mol. The first-order valence-corrected chi connectivity index (χ1v) is 9.96. The second kappa shape index (κ2) is 8.87. The summed E-state index contributed by atoms with van der Waals surface area (Å²) < 4.78 is 9.06. The molecule has 1 aliphatic rings. The van der Waals surface area contributed by atoms with Crippen molar-refractivity contribution in [2.75, 3.05) is 33.9 Å². The minimum absolute atomic E-state index is 0.00394. The van der Waals surface area contributed by atoms with Crippen LogP contribution in [0.2, 0.25) is 0 Å². The number of aryl methyl sites for hydroxylation is 2. The summed E-state index contributed by atoms with van der Waals surface area (Å²) in [4.78, 5) is 14.8. The van der Waals surface area contributed by atoms with Crippen LogP contribution in [0.3, 0.4) is 0 Å². The highest BCUT2D eigenvalue weighted by atomic mass is 16.5. The van der Waals surface area contributed by atoms with Gasteiger partial charge in [-0.3, -0.25) is 14.2 Å². The molecule has 1 N–H and O–H groups in total. The van der Waals surface area contributed by atoms with E-state index in [-0.39, 0.29) is 5.91 Å². The molecule has 1 amide bonds. The molecule has 0 saturated carbocycles. The van der Waals surface area contributed by atoms with Crippen LogP contribution >= 0.6 is 0 Å². The highest BCUT2D eigenvalue weighted by Gasteiger charge is 2.26. The van der Waals surface area contributed by atoms with Gasteiger partial charge in [-0.2, -0.15) is 10.2 Å². The first-order chi connectivity index (χ1) is 13.4. The molecule has 0 saturated heterocycles. The lowest BCUT2D eigenvalue weighted by Gasteiger charge is -2.18. The van der Waals surface area contributed by atoms with Crippen molar-refractivity contribution in [2.24, 2.45) is 7.05 Å². The number of methoxy groups -OCH3 is 1. The lowest BCUT2D eigenvalue weighted by atomic mass is 10.1. The van der Waals surface area contributed by atoms with Crippen LogP contribution < -0.4 is 5.32 Å². The lowest BCUT2D eigenvalue weighted by molar-refractivity contribution is 0.0785. The van der Waals surface area contributed by atoms with Gasteiger partial charge in [-0.1, -0.05) is 0 Å². The van der Waals surface area contributed by atoms with Crippen LogP contribution in [-0.4, -0.2) is 64.2 Å². The van der Waals surface area contributed by atoms with Crippen molar-refractivity contribution in [3.63, 3.8) is 0 Å². The van der Waals surface area contributed by atoms with Gasteiger partial charge in [0.05, 0.1) is 18.8 Å². The summed E-state index contributed by atoms with van der Waals surface area (Å²) in [6.45, 7) is 7.72. The van der Waals surface area contributed by atoms with Gasteiger partial charge in [0.25, 0.3) is 5.91 Å². The highest BCUT2D eigenvalue weighted by Crippen LogP contribution is 2.20. The highest BCUT2D eigenvalue weighted by molar-refractivity contribution is 5.94. The van der Waals surface area contributed by atoms with Crippen LogP contribution in [0.5, 0.6) is 0 Å². The summed E-state index contributed by atoms with van der Waals surface area (Å²) in [5, 5.41) is 12.5. The minimum atomic E-state index is -0.00394. The van der Waals surface area contributed by atoms with E-state index in [0.717, 1.165) is 42.8 Å². The number of nitrogens with one attached hydrogen (secondary N) is 1. The number of carbonyl (C=O) groups is 1. The van der Waals surface area contributed by atoms with Crippen molar-refractivity contribution < 1.29 is 9.53 Å². The van der Waals surface area contributed by atoms with Crippen molar-refractivity contribution in [3.8, 4) is 0 Å². The summed E-state index contributed by atoms with van der Waals surface area (Å²) in [5.41, 5.74) is 6.34. The van der Waals surface area contributed by atoms with Gasteiger partial charge in [0.1, 0.15) is 0 Å². The molecule has 3 heterocycles. The van der Waals surface area contributed by atoms with Gasteiger partial charge in [-0.25, -0.2) is 0 Å². The molecular formula is C20H32N6O2. The van der Waals surface area contributed by atoms with E-state index >= 15 is 0 Å². The van der Waals surface area contributed by atoms with Gasteiger partial charge in [0, 0.05) is 64.2 Å². The average Bonchev–Trinajstić information content (AvgIpc) is 3.17. The van der Waals surface area contributed by atoms with Gasteiger partial charge in [0.2, 0.25) is 0 Å². The normalized spacial score (nSPS) is 13.6. The molecule has 2 aromatic heterocycles. The monoisotopic (exact) mass is 388 g/mol. The van der Waals surface area contributed by atoms with Crippen LogP contribution in [0, 0.1) is 13.8 Å². The summed E-state index contributed by atoms with van der Waals surface area (Å²) in [5.74, 6) is -0.00394. The largest absolute Gasteiger partial charge is 0.383 e. The van der Waals surface area contributed by atoms with Crippen LogP contribution in [0.15, 0.2) is 0 Å². The predicted octanol–water partition coefficient (Wildman–Crippen LogP) is 1.23. The van der Waals surface area contributed by atoms with Crippen LogP contribution in [0.25, 0.3) is 0 Å². The predicted molar refractivity (Wildman–Crippen MR) is 107 cm³/mol. The zero-order valence-corrected chi connectivity index (χ0v) is 17.7. The Labute approximate surface area is 166 Å². The van der Waals surface area contributed by atoms with E-state index in [0.29, 0.717) is 31.9 Å². The van der Waals surface area contributed by atoms with Crippen LogP contribution in [0.1, 0.15) is 45.1 Å². The lowest BCUT2D eigenvalue weighted by Crippen LogP contribution is -2.31. The molecule has 0 bridgehead atoms.